The van der Waals surface area contributed by atoms with Crippen LogP contribution >= 0.6 is 0 Å². The third-order valence-corrected chi connectivity index (χ3v) is 7.09. The molecule has 0 spiro atoms. The molecule has 152 valence electrons. The fourth-order valence-corrected chi connectivity index (χ4v) is 4.51. The van der Waals surface area contributed by atoms with Crippen LogP contribution in [0.2, 0.25) is 0 Å². The summed E-state index contributed by atoms with van der Waals surface area (Å²) in [5.74, 6) is -0.903. The third kappa shape index (κ3) is 5.95. The summed E-state index contributed by atoms with van der Waals surface area (Å²) in [5, 5.41) is 2.73. The molecule has 1 amide bonds. The van der Waals surface area contributed by atoms with Gasteiger partial charge in [-0.2, -0.15) is 0 Å². The lowest BCUT2D eigenvalue weighted by Gasteiger charge is -2.14. The molecule has 0 aliphatic heterocycles. The van der Waals surface area contributed by atoms with E-state index >= 15 is 0 Å². The van der Waals surface area contributed by atoms with Crippen molar-refractivity contribution >= 4 is 26.7 Å². The lowest BCUT2D eigenvalue weighted by molar-refractivity contribution is -0.119. The van der Waals surface area contributed by atoms with Crippen LogP contribution in [0.15, 0.2) is 53.4 Å². The monoisotopic (exact) mass is 426 g/mol. The van der Waals surface area contributed by atoms with Crippen LogP contribution in [0.25, 0.3) is 0 Å². The number of benzene rings is 2. The quantitative estimate of drug-likeness (QED) is 0.702. The molecule has 2 aromatic rings. The normalized spacial score (nSPS) is 13.9. The van der Waals surface area contributed by atoms with Crippen molar-refractivity contribution in [1.82, 2.24) is 9.62 Å². The predicted molar refractivity (Wildman–Crippen MR) is 107 cm³/mol. The smallest absolute Gasteiger partial charge is 0.242 e. The number of nitrogens with zero attached hydrogens (tertiary/aromatic N) is 1. The van der Waals surface area contributed by atoms with Gasteiger partial charge in [-0.15, -0.1) is 0 Å². The van der Waals surface area contributed by atoms with E-state index in [1.807, 2.05) is 0 Å². The summed E-state index contributed by atoms with van der Waals surface area (Å²) in [6, 6.07) is 11.6. The maximum Gasteiger partial charge on any atom is 0.242 e. The number of halogens is 1. The number of carbonyl (C=O) groups excluding carboxylic acids is 1. The van der Waals surface area contributed by atoms with E-state index < -0.39 is 26.7 Å². The topological polar surface area (TPSA) is 83.5 Å². The fraction of sp³-hybridized carbons (Fsp3) is 0.316. The van der Waals surface area contributed by atoms with Gasteiger partial charge in [0.15, 0.2) is 0 Å². The molecular weight excluding hydrogens is 403 g/mol. The van der Waals surface area contributed by atoms with Crippen molar-refractivity contribution in [3.05, 3.63) is 65.5 Å². The Hall–Kier alpha value is -2.10. The lowest BCUT2D eigenvalue weighted by Crippen LogP contribution is -2.31. The van der Waals surface area contributed by atoms with Gasteiger partial charge in [0.1, 0.15) is 11.6 Å². The SMILES string of the molecule is CC(NC(=O)CS(=O)Cc1cccc(S(=O)(=O)N(C)C)c1)c1ccc(F)cc1. The van der Waals surface area contributed by atoms with E-state index in [2.05, 4.69) is 5.32 Å². The average molecular weight is 427 g/mol. The van der Waals surface area contributed by atoms with Crippen LogP contribution in [-0.2, 0) is 31.4 Å². The molecule has 6 nitrogen and oxygen atoms in total. The van der Waals surface area contributed by atoms with Crippen molar-refractivity contribution in [3.8, 4) is 0 Å². The van der Waals surface area contributed by atoms with Crippen LogP contribution in [-0.4, -0.2) is 42.7 Å². The first-order chi connectivity index (χ1) is 13.1. The summed E-state index contributed by atoms with van der Waals surface area (Å²) in [5.41, 5.74) is 1.31. The zero-order valence-corrected chi connectivity index (χ0v) is 17.5. The number of rotatable bonds is 8. The van der Waals surface area contributed by atoms with Gasteiger partial charge in [-0.25, -0.2) is 17.1 Å². The molecule has 2 unspecified atom stereocenters. The van der Waals surface area contributed by atoms with Crippen molar-refractivity contribution in [1.29, 1.82) is 0 Å². The summed E-state index contributed by atoms with van der Waals surface area (Å²) in [6.45, 7) is 1.75. The molecule has 0 aliphatic carbocycles. The molecule has 28 heavy (non-hydrogen) atoms. The zero-order valence-electron chi connectivity index (χ0n) is 15.9. The minimum Gasteiger partial charge on any atom is -0.349 e. The number of sulfonamides is 1. The molecular formula is C19H23FN2O4S2. The van der Waals surface area contributed by atoms with Crippen molar-refractivity contribution in [2.45, 2.75) is 23.6 Å². The van der Waals surface area contributed by atoms with E-state index in [1.54, 1.807) is 31.2 Å². The highest BCUT2D eigenvalue weighted by Gasteiger charge is 2.18. The molecule has 0 saturated carbocycles. The summed E-state index contributed by atoms with van der Waals surface area (Å²) < 4.78 is 50.8. The summed E-state index contributed by atoms with van der Waals surface area (Å²) in [4.78, 5) is 12.2. The van der Waals surface area contributed by atoms with Crippen LogP contribution < -0.4 is 5.32 Å². The molecule has 9 heteroatoms. The molecule has 1 N–H and O–H groups in total. The first kappa shape index (κ1) is 22.2. The van der Waals surface area contributed by atoms with E-state index in [1.165, 1.54) is 38.4 Å². The number of hydrogen-bond donors (Lipinski definition) is 1. The average Bonchev–Trinajstić information content (AvgIpc) is 2.61. The molecule has 0 aromatic heterocycles. The van der Waals surface area contributed by atoms with E-state index in [4.69, 9.17) is 0 Å². The minimum absolute atomic E-state index is 0.0646. The Kier molecular flexibility index (Phi) is 7.45. The van der Waals surface area contributed by atoms with Gasteiger partial charge in [0.05, 0.1) is 10.9 Å². The van der Waals surface area contributed by atoms with E-state index in [-0.39, 0.29) is 28.3 Å². The highest BCUT2D eigenvalue weighted by Crippen LogP contribution is 2.16. The fourth-order valence-electron chi connectivity index (χ4n) is 2.51. The van der Waals surface area contributed by atoms with Crippen LogP contribution in [0.1, 0.15) is 24.1 Å². The number of carbonyl (C=O) groups is 1. The Morgan fingerprint density at radius 1 is 1.18 bits per heavy atom. The summed E-state index contributed by atoms with van der Waals surface area (Å²) in [7, 11) is -2.21. The first-order valence-corrected chi connectivity index (χ1v) is 11.4. The Morgan fingerprint density at radius 3 is 2.43 bits per heavy atom. The predicted octanol–water partition coefficient (Wildman–Crippen LogP) is 2.20. The van der Waals surface area contributed by atoms with Crippen molar-refractivity contribution in [2.75, 3.05) is 19.8 Å². The Labute approximate surface area is 167 Å². The second kappa shape index (κ2) is 9.40. The Bertz CT molecular complexity index is 960. The molecule has 0 radical (unpaired) electrons. The molecule has 0 bridgehead atoms. The van der Waals surface area contributed by atoms with Gasteiger partial charge in [0, 0.05) is 30.6 Å². The lowest BCUT2D eigenvalue weighted by atomic mass is 10.1. The second-order valence-electron chi connectivity index (χ2n) is 6.50. The number of nitrogens with one attached hydrogen (secondary N) is 1. The maximum absolute atomic E-state index is 13.0. The molecule has 2 atom stereocenters. The standard InChI is InChI=1S/C19H23FN2O4S2/c1-14(16-7-9-17(20)10-8-16)21-19(23)13-27(24)12-15-5-4-6-18(11-15)28(25,26)22(2)3/h4-11,14H,12-13H2,1-3H3,(H,21,23). The minimum atomic E-state index is -3.58. The van der Waals surface area contributed by atoms with Crippen LogP contribution in [0.4, 0.5) is 4.39 Å². The van der Waals surface area contributed by atoms with E-state index in [0.717, 1.165) is 9.87 Å². The highest BCUT2D eigenvalue weighted by molar-refractivity contribution is 7.89. The maximum atomic E-state index is 13.0. The Balaban J connectivity index is 1.96. The summed E-state index contributed by atoms with van der Waals surface area (Å²) in [6.07, 6.45) is 0. The van der Waals surface area contributed by atoms with Gasteiger partial charge in [-0.05, 0) is 42.3 Å². The van der Waals surface area contributed by atoms with Crippen LogP contribution in [0.5, 0.6) is 0 Å². The second-order valence-corrected chi connectivity index (χ2v) is 10.1. The van der Waals surface area contributed by atoms with Gasteiger partial charge >= 0.3 is 0 Å². The molecule has 2 aromatic carbocycles. The van der Waals surface area contributed by atoms with E-state index in [9.17, 15) is 21.8 Å². The largest absolute Gasteiger partial charge is 0.349 e. The number of hydrogen-bond acceptors (Lipinski definition) is 4. The Morgan fingerprint density at radius 2 is 1.82 bits per heavy atom. The molecule has 0 fully saturated rings. The van der Waals surface area contributed by atoms with Gasteiger partial charge < -0.3 is 5.32 Å². The van der Waals surface area contributed by atoms with Crippen LogP contribution in [0, 0.1) is 5.82 Å². The van der Waals surface area contributed by atoms with Crippen molar-refractivity contribution in [3.63, 3.8) is 0 Å². The van der Waals surface area contributed by atoms with Gasteiger partial charge in [-0.1, -0.05) is 24.3 Å². The molecule has 2 rings (SSSR count). The summed E-state index contributed by atoms with van der Waals surface area (Å²) >= 11 is 0. The highest BCUT2D eigenvalue weighted by atomic mass is 32.2. The van der Waals surface area contributed by atoms with Gasteiger partial charge in [0.2, 0.25) is 15.9 Å². The van der Waals surface area contributed by atoms with E-state index in [0.29, 0.717) is 5.56 Å². The number of amides is 1. The zero-order chi connectivity index (χ0) is 20.9. The van der Waals surface area contributed by atoms with Crippen molar-refractivity contribution in [2.24, 2.45) is 0 Å². The van der Waals surface area contributed by atoms with Crippen molar-refractivity contribution < 1.29 is 21.8 Å². The van der Waals surface area contributed by atoms with Gasteiger partial charge in [0.25, 0.3) is 0 Å². The molecule has 0 aliphatic rings. The van der Waals surface area contributed by atoms with Crippen LogP contribution in [0.3, 0.4) is 0 Å². The first-order valence-electron chi connectivity index (χ1n) is 8.51. The molecule has 0 saturated heterocycles. The van der Waals surface area contributed by atoms with Gasteiger partial charge in [-0.3, -0.25) is 9.00 Å². The third-order valence-electron chi connectivity index (χ3n) is 4.04. The molecule has 0 heterocycles.